The van der Waals surface area contributed by atoms with Crippen LogP contribution in [0.4, 0.5) is 5.00 Å². The first-order chi connectivity index (χ1) is 13.2. The summed E-state index contributed by atoms with van der Waals surface area (Å²) in [4.78, 5) is 8.14. The molecule has 4 nitrogen and oxygen atoms in total. The summed E-state index contributed by atoms with van der Waals surface area (Å²) in [6.07, 6.45) is 2.50. The van der Waals surface area contributed by atoms with Gasteiger partial charge in [0.05, 0.1) is 5.56 Å². The maximum atomic E-state index is 9.89. The fraction of sp³-hybridized carbons (Fsp3) is 0.182. The van der Waals surface area contributed by atoms with Gasteiger partial charge < -0.3 is 5.11 Å². The summed E-state index contributed by atoms with van der Waals surface area (Å²) in [5.74, 6) is 0.190. The van der Waals surface area contributed by atoms with E-state index in [9.17, 15) is 10.4 Å². The molecule has 2 heterocycles. The van der Waals surface area contributed by atoms with Gasteiger partial charge in [0.2, 0.25) is 0 Å². The van der Waals surface area contributed by atoms with Gasteiger partial charge in [-0.1, -0.05) is 42.5 Å². The van der Waals surface area contributed by atoms with E-state index >= 15 is 0 Å². The highest BCUT2D eigenvalue weighted by atomic mass is 32.1. The second kappa shape index (κ2) is 7.75. The van der Waals surface area contributed by atoms with Crippen molar-refractivity contribution in [3.63, 3.8) is 0 Å². The van der Waals surface area contributed by atoms with Crippen molar-refractivity contribution in [3.8, 4) is 11.8 Å². The minimum absolute atomic E-state index is 0.190. The number of benzene rings is 2. The van der Waals surface area contributed by atoms with Crippen LogP contribution in [0.3, 0.4) is 0 Å². The Bertz CT molecular complexity index is 1020. The van der Waals surface area contributed by atoms with Gasteiger partial charge in [-0.05, 0) is 29.7 Å². The van der Waals surface area contributed by atoms with E-state index in [2.05, 4.69) is 40.2 Å². The van der Waals surface area contributed by atoms with Crippen LogP contribution in [0.25, 0.3) is 0 Å². The Labute approximate surface area is 162 Å². The molecule has 4 rings (SSSR count). The number of para-hydroxylation sites is 1. The average Bonchev–Trinajstić information content (AvgIpc) is 3.05. The first-order valence-electron chi connectivity index (χ1n) is 8.87. The zero-order chi connectivity index (χ0) is 18.6. The van der Waals surface area contributed by atoms with Crippen LogP contribution < -0.4 is 0 Å². The lowest BCUT2D eigenvalue weighted by Crippen LogP contribution is -2.29. The smallest absolute Gasteiger partial charge is 0.134 e. The zero-order valence-electron chi connectivity index (χ0n) is 14.8. The van der Waals surface area contributed by atoms with Gasteiger partial charge in [0, 0.05) is 36.3 Å². The fourth-order valence-electron chi connectivity index (χ4n) is 3.35. The van der Waals surface area contributed by atoms with Gasteiger partial charge in [-0.3, -0.25) is 4.90 Å². The normalized spacial score (nSPS) is 14.2. The summed E-state index contributed by atoms with van der Waals surface area (Å²) in [5.41, 5.74) is 3.77. The number of fused-ring (bicyclic) bond motifs is 1. The molecule has 134 valence electrons. The van der Waals surface area contributed by atoms with Crippen molar-refractivity contribution >= 4 is 22.6 Å². The topological polar surface area (TPSA) is 59.6 Å². The molecule has 0 radical (unpaired) electrons. The highest BCUT2D eigenvalue weighted by molar-refractivity contribution is 7.16. The van der Waals surface area contributed by atoms with Gasteiger partial charge in [0.15, 0.2) is 0 Å². The lowest BCUT2D eigenvalue weighted by molar-refractivity contribution is 0.249. The van der Waals surface area contributed by atoms with Crippen molar-refractivity contribution in [2.24, 2.45) is 4.99 Å². The third-order valence-electron chi connectivity index (χ3n) is 4.74. The molecule has 0 unspecified atom stereocenters. The molecule has 2 aromatic carbocycles. The summed E-state index contributed by atoms with van der Waals surface area (Å²) in [7, 11) is 0. The lowest BCUT2D eigenvalue weighted by atomic mass is 10.0. The molecule has 0 spiro atoms. The van der Waals surface area contributed by atoms with Crippen molar-refractivity contribution in [1.29, 1.82) is 5.26 Å². The third-order valence-corrected chi connectivity index (χ3v) is 5.86. The van der Waals surface area contributed by atoms with E-state index in [-0.39, 0.29) is 5.75 Å². The molecule has 1 N–H and O–H groups in total. The SMILES string of the molecule is N#Cc1c(N=Cc2ccccc2O)sc2c1CCN(Cc1ccccc1)C2. The van der Waals surface area contributed by atoms with Crippen molar-refractivity contribution < 1.29 is 5.11 Å². The quantitative estimate of drug-likeness (QED) is 0.678. The molecule has 5 heteroatoms. The van der Waals surface area contributed by atoms with E-state index < -0.39 is 0 Å². The Morgan fingerprint density at radius 1 is 1.15 bits per heavy atom. The molecular weight excluding hydrogens is 354 g/mol. The number of rotatable bonds is 4. The molecule has 1 aliphatic rings. The molecule has 27 heavy (non-hydrogen) atoms. The number of nitriles is 1. The van der Waals surface area contributed by atoms with Gasteiger partial charge in [-0.25, -0.2) is 4.99 Å². The van der Waals surface area contributed by atoms with Crippen molar-refractivity contribution in [2.45, 2.75) is 19.5 Å². The number of hydrogen-bond donors (Lipinski definition) is 1. The number of phenols is 1. The minimum atomic E-state index is 0.190. The highest BCUT2D eigenvalue weighted by Gasteiger charge is 2.24. The number of thiophene rings is 1. The van der Waals surface area contributed by atoms with Gasteiger partial charge in [-0.15, -0.1) is 11.3 Å². The second-order valence-corrected chi connectivity index (χ2v) is 7.64. The second-order valence-electron chi connectivity index (χ2n) is 6.56. The van der Waals surface area contributed by atoms with E-state index in [1.807, 2.05) is 12.1 Å². The molecule has 0 fully saturated rings. The summed E-state index contributed by atoms with van der Waals surface area (Å²) in [6, 6.07) is 19.9. The molecule has 0 saturated heterocycles. The minimum Gasteiger partial charge on any atom is -0.507 e. The van der Waals surface area contributed by atoms with Gasteiger partial charge >= 0.3 is 0 Å². The molecule has 0 aliphatic carbocycles. The Kier molecular flexibility index (Phi) is 5.01. The van der Waals surface area contributed by atoms with Crippen LogP contribution in [0.2, 0.25) is 0 Å². The van der Waals surface area contributed by atoms with Crippen molar-refractivity contribution in [3.05, 3.63) is 81.7 Å². The predicted octanol–water partition coefficient (Wildman–Crippen LogP) is 4.63. The van der Waals surface area contributed by atoms with Crippen LogP contribution in [-0.4, -0.2) is 22.8 Å². The van der Waals surface area contributed by atoms with Gasteiger partial charge in [0.25, 0.3) is 0 Å². The highest BCUT2D eigenvalue weighted by Crippen LogP contribution is 2.38. The predicted molar refractivity (Wildman–Crippen MR) is 109 cm³/mol. The van der Waals surface area contributed by atoms with Crippen LogP contribution in [0.5, 0.6) is 5.75 Å². The summed E-state index contributed by atoms with van der Waals surface area (Å²) in [5, 5.41) is 20.3. The van der Waals surface area contributed by atoms with E-state index in [4.69, 9.17) is 0 Å². The van der Waals surface area contributed by atoms with E-state index in [0.29, 0.717) is 11.1 Å². The zero-order valence-corrected chi connectivity index (χ0v) is 15.6. The third kappa shape index (κ3) is 3.77. The Morgan fingerprint density at radius 2 is 1.93 bits per heavy atom. The number of hydrogen-bond acceptors (Lipinski definition) is 5. The van der Waals surface area contributed by atoms with Crippen LogP contribution in [0.15, 0.2) is 59.6 Å². The Morgan fingerprint density at radius 3 is 2.70 bits per heavy atom. The van der Waals surface area contributed by atoms with Crippen molar-refractivity contribution in [1.82, 2.24) is 4.90 Å². The summed E-state index contributed by atoms with van der Waals surface area (Å²) >= 11 is 1.58. The summed E-state index contributed by atoms with van der Waals surface area (Å²) in [6.45, 7) is 2.70. The van der Waals surface area contributed by atoms with Gasteiger partial charge in [-0.2, -0.15) is 5.26 Å². The molecule has 0 atom stereocenters. The molecule has 3 aromatic rings. The van der Waals surface area contributed by atoms with Crippen LogP contribution >= 0.6 is 11.3 Å². The molecule has 0 bridgehead atoms. The molecule has 1 aliphatic heterocycles. The standard InChI is InChI=1S/C22H19N3OS/c23-12-19-18-10-11-25(14-16-6-2-1-3-7-16)15-21(18)27-22(19)24-13-17-8-4-5-9-20(17)26/h1-9,13,26H,10-11,14-15H2. The molecule has 0 saturated carbocycles. The first-order valence-corrected chi connectivity index (χ1v) is 9.69. The van der Waals surface area contributed by atoms with Crippen LogP contribution in [0, 0.1) is 11.3 Å². The lowest BCUT2D eigenvalue weighted by Gasteiger charge is -2.26. The van der Waals surface area contributed by atoms with Crippen LogP contribution in [-0.2, 0) is 19.5 Å². The maximum absolute atomic E-state index is 9.89. The summed E-state index contributed by atoms with van der Waals surface area (Å²) < 4.78 is 0. The monoisotopic (exact) mass is 373 g/mol. The Hall–Kier alpha value is -2.94. The Balaban J connectivity index is 1.57. The molecular formula is C22H19N3OS. The van der Waals surface area contributed by atoms with Gasteiger partial charge in [0.1, 0.15) is 16.8 Å². The van der Waals surface area contributed by atoms with E-state index in [1.54, 1.807) is 35.8 Å². The van der Waals surface area contributed by atoms with Crippen molar-refractivity contribution in [2.75, 3.05) is 6.54 Å². The average molecular weight is 373 g/mol. The number of aromatic hydroxyl groups is 1. The fourth-order valence-corrected chi connectivity index (χ4v) is 4.53. The van der Waals surface area contributed by atoms with Crippen LogP contribution in [0.1, 0.15) is 27.1 Å². The number of aliphatic imine (C=N–C) groups is 1. The number of phenolic OH excluding ortho intramolecular Hbond substituents is 1. The van der Waals surface area contributed by atoms with E-state index in [0.717, 1.165) is 36.6 Å². The molecule has 1 aromatic heterocycles. The first kappa shape index (κ1) is 17.5. The number of nitrogens with zero attached hydrogens (tertiary/aromatic N) is 3. The largest absolute Gasteiger partial charge is 0.507 e. The van der Waals surface area contributed by atoms with E-state index in [1.165, 1.54) is 10.4 Å². The molecule has 0 amide bonds. The maximum Gasteiger partial charge on any atom is 0.134 e.